The summed E-state index contributed by atoms with van der Waals surface area (Å²) >= 11 is 0. The SMILES string of the molecule is CC1CC(CO)O[C@H](C)C1C.CO. The van der Waals surface area contributed by atoms with Crippen molar-refractivity contribution in [3.8, 4) is 0 Å². The molecule has 3 unspecified atom stereocenters. The molecule has 0 radical (unpaired) electrons. The van der Waals surface area contributed by atoms with E-state index in [1.54, 1.807) is 0 Å². The van der Waals surface area contributed by atoms with Crippen LogP contribution >= 0.6 is 0 Å². The number of ether oxygens (including phenoxy) is 1. The molecule has 80 valence electrons. The lowest BCUT2D eigenvalue weighted by Crippen LogP contribution is -2.38. The van der Waals surface area contributed by atoms with E-state index in [0.29, 0.717) is 17.9 Å². The molecular weight excluding hydrogens is 168 g/mol. The van der Waals surface area contributed by atoms with E-state index in [4.69, 9.17) is 14.9 Å². The summed E-state index contributed by atoms with van der Waals surface area (Å²) in [6, 6.07) is 0. The number of hydrogen-bond acceptors (Lipinski definition) is 3. The monoisotopic (exact) mass is 190 g/mol. The third-order valence-electron chi connectivity index (χ3n) is 2.88. The fourth-order valence-corrected chi connectivity index (χ4v) is 1.69. The highest BCUT2D eigenvalue weighted by Crippen LogP contribution is 2.29. The summed E-state index contributed by atoms with van der Waals surface area (Å²) < 4.78 is 5.57. The fourth-order valence-electron chi connectivity index (χ4n) is 1.69. The molecule has 0 aromatic carbocycles. The van der Waals surface area contributed by atoms with E-state index < -0.39 is 0 Å². The van der Waals surface area contributed by atoms with Crippen LogP contribution in [0.1, 0.15) is 27.2 Å². The van der Waals surface area contributed by atoms with Crippen molar-refractivity contribution in [1.29, 1.82) is 0 Å². The van der Waals surface area contributed by atoms with Crippen molar-refractivity contribution in [2.45, 2.75) is 39.4 Å². The Balaban J connectivity index is 0.000000671. The van der Waals surface area contributed by atoms with Gasteiger partial charge in [-0.3, -0.25) is 0 Å². The summed E-state index contributed by atoms with van der Waals surface area (Å²) in [4.78, 5) is 0. The molecule has 1 rings (SSSR count). The largest absolute Gasteiger partial charge is 0.400 e. The lowest BCUT2D eigenvalue weighted by Gasteiger charge is -2.36. The number of aliphatic hydroxyl groups excluding tert-OH is 2. The Labute approximate surface area is 80.7 Å². The van der Waals surface area contributed by atoms with Gasteiger partial charge in [-0.1, -0.05) is 13.8 Å². The molecule has 1 heterocycles. The average Bonchev–Trinajstić information content (AvgIpc) is 2.16. The Bertz CT molecular complexity index is 115. The molecule has 4 atom stereocenters. The lowest BCUT2D eigenvalue weighted by atomic mass is 9.84. The molecule has 3 heteroatoms. The smallest absolute Gasteiger partial charge is 0.0812 e. The van der Waals surface area contributed by atoms with Crippen LogP contribution in [0.5, 0.6) is 0 Å². The molecule has 0 aromatic rings. The minimum Gasteiger partial charge on any atom is -0.400 e. The first-order chi connectivity index (χ1) is 6.15. The summed E-state index contributed by atoms with van der Waals surface area (Å²) in [5.41, 5.74) is 0. The standard InChI is InChI=1S/C9H18O2.CH4O/c1-6-4-9(5-10)11-8(3)7(6)2;1-2/h6-10H,4-5H2,1-3H3;2H,1H3/t6?,7?,8-,9?;/m1./s1. The van der Waals surface area contributed by atoms with Gasteiger partial charge in [0.2, 0.25) is 0 Å². The van der Waals surface area contributed by atoms with Gasteiger partial charge in [0, 0.05) is 7.11 Å². The highest BCUT2D eigenvalue weighted by atomic mass is 16.5. The molecule has 13 heavy (non-hydrogen) atoms. The third kappa shape index (κ3) is 3.63. The second-order valence-electron chi connectivity index (χ2n) is 3.72. The van der Waals surface area contributed by atoms with Crippen molar-refractivity contribution >= 4 is 0 Å². The van der Waals surface area contributed by atoms with E-state index in [9.17, 15) is 0 Å². The number of rotatable bonds is 1. The average molecular weight is 190 g/mol. The summed E-state index contributed by atoms with van der Waals surface area (Å²) in [5, 5.41) is 15.9. The van der Waals surface area contributed by atoms with E-state index in [2.05, 4.69) is 20.8 Å². The topological polar surface area (TPSA) is 49.7 Å². The van der Waals surface area contributed by atoms with Gasteiger partial charge < -0.3 is 14.9 Å². The molecule has 0 saturated carbocycles. The molecule has 1 aliphatic heterocycles. The molecule has 0 aromatic heterocycles. The maximum Gasteiger partial charge on any atom is 0.0812 e. The Morgan fingerprint density at radius 3 is 2.15 bits per heavy atom. The van der Waals surface area contributed by atoms with Gasteiger partial charge in [0.1, 0.15) is 0 Å². The van der Waals surface area contributed by atoms with Crippen molar-refractivity contribution in [2.24, 2.45) is 11.8 Å². The zero-order valence-electron chi connectivity index (χ0n) is 9.03. The first-order valence-electron chi connectivity index (χ1n) is 4.86. The highest BCUT2D eigenvalue weighted by Gasteiger charge is 2.29. The van der Waals surface area contributed by atoms with Crippen LogP contribution in [-0.4, -0.2) is 36.1 Å². The van der Waals surface area contributed by atoms with Crippen LogP contribution in [0.15, 0.2) is 0 Å². The minimum atomic E-state index is 0.0798. The van der Waals surface area contributed by atoms with Crippen LogP contribution in [0.2, 0.25) is 0 Å². The molecule has 1 aliphatic rings. The number of aliphatic hydroxyl groups is 2. The van der Waals surface area contributed by atoms with Crippen molar-refractivity contribution in [2.75, 3.05) is 13.7 Å². The Hall–Kier alpha value is -0.120. The summed E-state index contributed by atoms with van der Waals surface area (Å²) in [7, 11) is 1.00. The first-order valence-corrected chi connectivity index (χ1v) is 4.86. The third-order valence-corrected chi connectivity index (χ3v) is 2.88. The zero-order chi connectivity index (χ0) is 10.4. The zero-order valence-corrected chi connectivity index (χ0v) is 9.03. The second kappa shape index (κ2) is 6.35. The van der Waals surface area contributed by atoms with Crippen LogP contribution in [0, 0.1) is 11.8 Å². The Morgan fingerprint density at radius 1 is 1.23 bits per heavy atom. The highest BCUT2D eigenvalue weighted by molar-refractivity contribution is 4.78. The van der Waals surface area contributed by atoms with Crippen LogP contribution in [0.3, 0.4) is 0 Å². The summed E-state index contributed by atoms with van der Waals surface area (Å²) in [5.74, 6) is 1.30. The van der Waals surface area contributed by atoms with Gasteiger partial charge in [-0.2, -0.15) is 0 Å². The minimum absolute atomic E-state index is 0.0798. The predicted molar refractivity (Wildman–Crippen MR) is 52.5 cm³/mol. The predicted octanol–water partition coefficient (Wildman–Crippen LogP) is 1.04. The first kappa shape index (κ1) is 12.9. The quantitative estimate of drug-likeness (QED) is 0.649. The molecule has 1 fully saturated rings. The lowest BCUT2D eigenvalue weighted by molar-refractivity contribution is -0.108. The molecule has 0 bridgehead atoms. The molecule has 2 N–H and O–H groups in total. The van der Waals surface area contributed by atoms with Crippen molar-refractivity contribution in [3.05, 3.63) is 0 Å². The molecule has 0 amide bonds. The normalized spacial score (nSPS) is 39.2. The van der Waals surface area contributed by atoms with E-state index in [1.165, 1.54) is 0 Å². The maximum atomic E-state index is 8.89. The van der Waals surface area contributed by atoms with Crippen LogP contribution < -0.4 is 0 Å². The van der Waals surface area contributed by atoms with Gasteiger partial charge >= 0.3 is 0 Å². The van der Waals surface area contributed by atoms with Crippen molar-refractivity contribution < 1.29 is 14.9 Å². The van der Waals surface area contributed by atoms with Crippen LogP contribution in [0.25, 0.3) is 0 Å². The van der Waals surface area contributed by atoms with Crippen LogP contribution in [-0.2, 0) is 4.74 Å². The van der Waals surface area contributed by atoms with Crippen molar-refractivity contribution in [1.82, 2.24) is 0 Å². The summed E-state index contributed by atoms with van der Waals surface area (Å²) in [6.45, 7) is 6.69. The maximum absolute atomic E-state index is 8.89. The van der Waals surface area contributed by atoms with Gasteiger partial charge in [0.05, 0.1) is 18.8 Å². The summed E-state index contributed by atoms with van der Waals surface area (Å²) in [6.07, 6.45) is 1.38. The Kier molecular flexibility index (Phi) is 6.29. The fraction of sp³-hybridized carbons (Fsp3) is 1.00. The van der Waals surface area contributed by atoms with Gasteiger partial charge in [0.15, 0.2) is 0 Å². The molecular formula is C10H22O3. The molecule has 0 aliphatic carbocycles. The van der Waals surface area contributed by atoms with E-state index >= 15 is 0 Å². The van der Waals surface area contributed by atoms with Gasteiger partial charge in [-0.05, 0) is 25.2 Å². The number of hydrogen-bond donors (Lipinski definition) is 2. The molecule has 3 nitrogen and oxygen atoms in total. The van der Waals surface area contributed by atoms with Gasteiger partial charge in [0.25, 0.3) is 0 Å². The van der Waals surface area contributed by atoms with Crippen molar-refractivity contribution in [3.63, 3.8) is 0 Å². The van der Waals surface area contributed by atoms with E-state index in [0.717, 1.165) is 13.5 Å². The van der Waals surface area contributed by atoms with E-state index in [-0.39, 0.29) is 12.7 Å². The second-order valence-corrected chi connectivity index (χ2v) is 3.72. The van der Waals surface area contributed by atoms with Gasteiger partial charge in [-0.15, -0.1) is 0 Å². The van der Waals surface area contributed by atoms with E-state index in [1.807, 2.05) is 0 Å². The van der Waals surface area contributed by atoms with Crippen LogP contribution in [0.4, 0.5) is 0 Å². The molecule has 0 spiro atoms. The van der Waals surface area contributed by atoms with Gasteiger partial charge in [-0.25, -0.2) is 0 Å². The molecule has 1 saturated heterocycles. The Morgan fingerprint density at radius 2 is 1.77 bits per heavy atom.